The number of guanidine groups is 1. The Hall–Kier alpha value is -2.08. The summed E-state index contributed by atoms with van der Waals surface area (Å²) in [4.78, 5) is 20.8. The average molecular weight is 385 g/mol. The number of para-hydroxylation sites is 1. The predicted molar refractivity (Wildman–Crippen MR) is 112 cm³/mol. The highest BCUT2D eigenvalue weighted by molar-refractivity contribution is 5.98. The van der Waals surface area contributed by atoms with Crippen molar-refractivity contribution < 1.29 is 9.53 Å². The monoisotopic (exact) mass is 384 g/mol. The van der Waals surface area contributed by atoms with E-state index in [9.17, 15) is 4.79 Å². The van der Waals surface area contributed by atoms with E-state index in [1.165, 1.54) is 24.1 Å². The van der Waals surface area contributed by atoms with Crippen LogP contribution >= 0.6 is 0 Å². The molecular weight excluding hydrogens is 352 g/mol. The second kappa shape index (κ2) is 8.95. The van der Waals surface area contributed by atoms with Gasteiger partial charge in [-0.25, -0.2) is 0 Å². The molecule has 152 valence electrons. The van der Waals surface area contributed by atoms with Crippen LogP contribution in [-0.2, 0) is 9.53 Å². The van der Waals surface area contributed by atoms with Crippen LogP contribution in [0.5, 0.6) is 0 Å². The third-order valence-electron chi connectivity index (χ3n) is 6.04. The van der Waals surface area contributed by atoms with Gasteiger partial charge in [-0.2, -0.15) is 0 Å². The highest BCUT2D eigenvalue weighted by atomic mass is 16.5. The molecule has 1 saturated carbocycles. The van der Waals surface area contributed by atoms with Gasteiger partial charge >= 0.3 is 0 Å². The van der Waals surface area contributed by atoms with Crippen LogP contribution < -0.4 is 10.2 Å². The van der Waals surface area contributed by atoms with Crippen LogP contribution in [-0.4, -0.2) is 63.2 Å². The SMILES string of the molecule is CN=C(NCCOCC1CC1)N1CC(CCN2CCCC2=O)c2ccccc21. The van der Waals surface area contributed by atoms with Crippen molar-refractivity contribution in [3.8, 4) is 0 Å². The Morgan fingerprint density at radius 3 is 2.93 bits per heavy atom. The zero-order valence-corrected chi connectivity index (χ0v) is 16.9. The first kappa shape index (κ1) is 19.2. The van der Waals surface area contributed by atoms with E-state index < -0.39 is 0 Å². The highest BCUT2D eigenvalue weighted by Gasteiger charge is 2.32. The largest absolute Gasteiger partial charge is 0.379 e. The quantitative estimate of drug-likeness (QED) is 0.425. The fourth-order valence-corrected chi connectivity index (χ4v) is 4.26. The van der Waals surface area contributed by atoms with Gasteiger partial charge in [0.1, 0.15) is 0 Å². The minimum absolute atomic E-state index is 0.312. The van der Waals surface area contributed by atoms with Gasteiger partial charge in [0.05, 0.1) is 6.61 Å². The number of aliphatic imine (C=N–C) groups is 1. The van der Waals surface area contributed by atoms with Crippen molar-refractivity contribution in [3.05, 3.63) is 29.8 Å². The molecule has 2 fully saturated rings. The molecular formula is C22H32N4O2. The summed E-state index contributed by atoms with van der Waals surface area (Å²) in [6.45, 7) is 5.05. The molecule has 1 aromatic rings. The van der Waals surface area contributed by atoms with Crippen LogP contribution in [0.15, 0.2) is 29.3 Å². The molecule has 0 spiro atoms. The molecule has 1 N–H and O–H groups in total. The number of hydrogen-bond donors (Lipinski definition) is 1. The summed E-state index contributed by atoms with van der Waals surface area (Å²) in [7, 11) is 1.84. The van der Waals surface area contributed by atoms with Gasteiger partial charge in [0.2, 0.25) is 5.91 Å². The molecule has 6 nitrogen and oxygen atoms in total. The minimum Gasteiger partial charge on any atom is -0.379 e. The van der Waals surface area contributed by atoms with Crippen molar-refractivity contribution in [1.82, 2.24) is 10.2 Å². The number of hydrogen-bond acceptors (Lipinski definition) is 3. The maximum atomic E-state index is 11.9. The molecule has 0 bridgehead atoms. The number of amides is 1. The lowest BCUT2D eigenvalue weighted by atomic mass is 9.98. The molecule has 0 radical (unpaired) electrons. The van der Waals surface area contributed by atoms with Gasteiger partial charge in [0, 0.05) is 57.9 Å². The zero-order chi connectivity index (χ0) is 19.3. The third kappa shape index (κ3) is 4.49. The Bertz CT molecular complexity index is 716. The van der Waals surface area contributed by atoms with E-state index in [0.29, 0.717) is 24.9 Å². The van der Waals surface area contributed by atoms with Crippen molar-refractivity contribution in [2.45, 2.75) is 38.0 Å². The van der Waals surface area contributed by atoms with Crippen LogP contribution in [0.25, 0.3) is 0 Å². The number of carbonyl (C=O) groups is 1. The summed E-state index contributed by atoms with van der Waals surface area (Å²) in [5.74, 6) is 2.44. The van der Waals surface area contributed by atoms with E-state index in [1.54, 1.807) is 0 Å². The Balaban J connectivity index is 1.34. The van der Waals surface area contributed by atoms with Crippen LogP contribution in [0.3, 0.4) is 0 Å². The fraction of sp³-hybridized carbons (Fsp3) is 0.636. The van der Waals surface area contributed by atoms with E-state index in [-0.39, 0.29) is 0 Å². The van der Waals surface area contributed by atoms with Crippen molar-refractivity contribution >= 4 is 17.6 Å². The molecule has 4 rings (SSSR count). The Morgan fingerprint density at radius 2 is 2.18 bits per heavy atom. The number of ether oxygens (including phenoxy) is 1. The molecule has 3 aliphatic rings. The molecule has 6 heteroatoms. The molecule has 1 aliphatic carbocycles. The Kier molecular flexibility index (Phi) is 6.15. The first-order valence-corrected chi connectivity index (χ1v) is 10.7. The number of anilines is 1. The van der Waals surface area contributed by atoms with Gasteiger partial charge < -0.3 is 19.9 Å². The predicted octanol–water partition coefficient (Wildman–Crippen LogP) is 2.60. The van der Waals surface area contributed by atoms with Crippen molar-refractivity contribution in [3.63, 3.8) is 0 Å². The number of fused-ring (bicyclic) bond motifs is 1. The number of likely N-dealkylation sites (tertiary alicyclic amines) is 1. The summed E-state index contributed by atoms with van der Waals surface area (Å²) in [6, 6.07) is 8.59. The maximum absolute atomic E-state index is 11.9. The van der Waals surface area contributed by atoms with E-state index in [1.807, 2.05) is 11.9 Å². The standard InChI is InChI=1S/C22H32N4O2/c1-23-22(24-11-14-28-16-17-8-9-17)26-15-18(19-5-2-3-6-20(19)26)10-13-25-12-4-7-21(25)27/h2-3,5-6,17-18H,4,7-16H2,1H3,(H,23,24). The number of nitrogens with one attached hydrogen (secondary N) is 1. The second-order valence-corrected chi connectivity index (χ2v) is 8.13. The Morgan fingerprint density at radius 1 is 1.32 bits per heavy atom. The van der Waals surface area contributed by atoms with Gasteiger partial charge in [-0.3, -0.25) is 9.79 Å². The van der Waals surface area contributed by atoms with Crippen molar-refractivity contribution in [2.24, 2.45) is 10.9 Å². The molecule has 1 aromatic carbocycles. The van der Waals surface area contributed by atoms with Crippen LogP contribution in [0, 0.1) is 5.92 Å². The topological polar surface area (TPSA) is 57.2 Å². The van der Waals surface area contributed by atoms with Crippen molar-refractivity contribution in [1.29, 1.82) is 0 Å². The van der Waals surface area contributed by atoms with E-state index >= 15 is 0 Å². The molecule has 2 heterocycles. The van der Waals surface area contributed by atoms with E-state index in [0.717, 1.165) is 57.5 Å². The number of rotatable bonds is 8. The third-order valence-corrected chi connectivity index (χ3v) is 6.04. The van der Waals surface area contributed by atoms with Gasteiger partial charge in [-0.15, -0.1) is 0 Å². The molecule has 1 unspecified atom stereocenters. The molecule has 1 atom stereocenters. The lowest BCUT2D eigenvalue weighted by Crippen LogP contribution is -2.42. The average Bonchev–Trinajstić information content (AvgIpc) is 3.34. The van der Waals surface area contributed by atoms with E-state index in [2.05, 4.69) is 39.5 Å². The highest BCUT2D eigenvalue weighted by Crippen LogP contribution is 2.38. The summed E-state index contributed by atoms with van der Waals surface area (Å²) in [6.07, 6.45) is 5.37. The number of nitrogens with zero attached hydrogens (tertiary/aromatic N) is 3. The first-order valence-electron chi connectivity index (χ1n) is 10.7. The van der Waals surface area contributed by atoms with Gasteiger partial charge in [0.15, 0.2) is 5.96 Å². The van der Waals surface area contributed by atoms with E-state index in [4.69, 9.17) is 4.74 Å². The molecule has 2 aliphatic heterocycles. The smallest absolute Gasteiger partial charge is 0.222 e. The van der Waals surface area contributed by atoms with Crippen molar-refractivity contribution in [2.75, 3.05) is 51.3 Å². The maximum Gasteiger partial charge on any atom is 0.222 e. The normalized spacial score (nSPS) is 22.1. The van der Waals surface area contributed by atoms with Gasteiger partial charge in [-0.05, 0) is 43.2 Å². The van der Waals surface area contributed by atoms with Gasteiger partial charge in [-0.1, -0.05) is 18.2 Å². The molecule has 0 aromatic heterocycles. The molecule has 1 amide bonds. The number of benzene rings is 1. The minimum atomic E-state index is 0.312. The summed E-state index contributed by atoms with van der Waals surface area (Å²) < 4.78 is 5.74. The first-order chi connectivity index (χ1) is 13.8. The molecule has 28 heavy (non-hydrogen) atoms. The van der Waals surface area contributed by atoms with Crippen LogP contribution in [0.4, 0.5) is 5.69 Å². The summed E-state index contributed by atoms with van der Waals surface area (Å²) in [5.41, 5.74) is 2.59. The number of carbonyl (C=O) groups excluding carboxylic acids is 1. The lowest BCUT2D eigenvalue weighted by Gasteiger charge is -2.23. The lowest BCUT2D eigenvalue weighted by molar-refractivity contribution is -0.127. The van der Waals surface area contributed by atoms with Crippen LogP contribution in [0.2, 0.25) is 0 Å². The summed E-state index contributed by atoms with van der Waals surface area (Å²) in [5, 5.41) is 3.46. The summed E-state index contributed by atoms with van der Waals surface area (Å²) >= 11 is 0. The van der Waals surface area contributed by atoms with Gasteiger partial charge in [0.25, 0.3) is 0 Å². The Labute approximate surface area is 167 Å². The zero-order valence-electron chi connectivity index (χ0n) is 16.9. The van der Waals surface area contributed by atoms with Crippen LogP contribution in [0.1, 0.15) is 43.6 Å². The molecule has 1 saturated heterocycles. The fourth-order valence-electron chi connectivity index (χ4n) is 4.26. The second-order valence-electron chi connectivity index (χ2n) is 8.13.